The average molecular weight is 554 g/mol. The van der Waals surface area contributed by atoms with Gasteiger partial charge in [0.15, 0.2) is 0 Å². The molecule has 2 aliphatic rings. The third-order valence-corrected chi connectivity index (χ3v) is 7.40. The molecule has 3 heterocycles. The SMILES string of the molecule is CC(C)(C)O.Cc1nc(C(C)O)c(-c2ccc3c(c2)CCNC3)c(N2CCC(C)(C)CC2)c1CC(=O)OC(C)C. The summed E-state index contributed by atoms with van der Waals surface area (Å²) in [6.45, 7) is 21.0. The van der Waals surface area contributed by atoms with Crippen LogP contribution in [0.4, 0.5) is 5.69 Å². The topological polar surface area (TPSA) is 94.9 Å². The average Bonchev–Trinajstić information content (AvgIpc) is 2.83. The van der Waals surface area contributed by atoms with Crippen LogP contribution in [0.25, 0.3) is 11.1 Å². The summed E-state index contributed by atoms with van der Waals surface area (Å²) in [5.74, 6) is -0.240. The van der Waals surface area contributed by atoms with Crippen molar-refractivity contribution < 1.29 is 19.7 Å². The lowest BCUT2D eigenvalue weighted by Crippen LogP contribution is -2.38. The van der Waals surface area contributed by atoms with Crippen molar-refractivity contribution >= 4 is 11.7 Å². The monoisotopic (exact) mass is 553 g/mol. The number of carbonyl (C=O) groups excluding carboxylic acids is 1. The Morgan fingerprint density at radius 3 is 2.35 bits per heavy atom. The van der Waals surface area contributed by atoms with Crippen molar-refractivity contribution in [3.05, 3.63) is 46.3 Å². The summed E-state index contributed by atoms with van der Waals surface area (Å²) in [5.41, 5.74) is 7.88. The van der Waals surface area contributed by atoms with Gasteiger partial charge >= 0.3 is 5.97 Å². The lowest BCUT2D eigenvalue weighted by atomic mass is 9.81. The van der Waals surface area contributed by atoms with E-state index in [1.54, 1.807) is 27.7 Å². The van der Waals surface area contributed by atoms with Gasteiger partial charge in [0.25, 0.3) is 0 Å². The van der Waals surface area contributed by atoms with Gasteiger partial charge in [0.2, 0.25) is 0 Å². The number of rotatable bonds is 6. The van der Waals surface area contributed by atoms with Crippen LogP contribution in [0.1, 0.15) is 102 Å². The number of aliphatic hydroxyl groups is 2. The highest BCUT2D eigenvalue weighted by molar-refractivity contribution is 5.87. The molecule has 1 fully saturated rings. The number of anilines is 1. The van der Waals surface area contributed by atoms with Crippen LogP contribution in [0.2, 0.25) is 0 Å². The number of aliphatic hydroxyl groups excluding tert-OH is 1. The first kappa shape index (κ1) is 32.0. The van der Waals surface area contributed by atoms with Gasteiger partial charge in [-0.1, -0.05) is 32.0 Å². The Kier molecular flexibility index (Phi) is 10.4. The molecule has 1 saturated heterocycles. The highest BCUT2D eigenvalue weighted by Gasteiger charge is 2.32. The molecule has 2 aliphatic heterocycles. The minimum Gasteiger partial charge on any atom is -0.463 e. The Hall–Kier alpha value is -2.48. The largest absolute Gasteiger partial charge is 0.463 e. The minimum atomic E-state index is -0.724. The highest BCUT2D eigenvalue weighted by atomic mass is 16.5. The van der Waals surface area contributed by atoms with Gasteiger partial charge in [-0.05, 0) is 96.4 Å². The number of nitrogens with one attached hydrogen (secondary N) is 1. The maximum Gasteiger partial charge on any atom is 0.310 e. The van der Waals surface area contributed by atoms with E-state index < -0.39 is 11.7 Å². The van der Waals surface area contributed by atoms with E-state index in [4.69, 9.17) is 14.8 Å². The molecular weight excluding hydrogens is 502 g/mol. The molecule has 1 aromatic carbocycles. The van der Waals surface area contributed by atoms with E-state index >= 15 is 0 Å². The van der Waals surface area contributed by atoms with Crippen molar-refractivity contribution in [1.82, 2.24) is 10.3 Å². The third-order valence-electron chi connectivity index (χ3n) is 7.40. The summed E-state index contributed by atoms with van der Waals surface area (Å²) in [6.07, 6.45) is 2.41. The van der Waals surface area contributed by atoms with Crippen LogP contribution in [0.15, 0.2) is 18.2 Å². The number of aromatic nitrogens is 1. The number of hydrogen-bond acceptors (Lipinski definition) is 7. The van der Waals surface area contributed by atoms with Crippen LogP contribution >= 0.6 is 0 Å². The van der Waals surface area contributed by atoms with E-state index in [1.807, 2.05) is 20.8 Å². The number of ether oxygens (including phenoxy) is 1. The van der Waals surface area contributed by atoms with Crippen LogP contribution in [-0.2, 0) is 28.9 Å². The standard InChI is InChI=1S/C29H41N3O3.C4H10O/c1-18(2)35-25(34)16-24-19(3)31-27(20(4)33)26(28(24)32-13-10-29(5,6)11-14-32)22-7-8-23-17-30-12-9-21(23)15-22;1-4(2,3)5/h7-8,15,18,20,30,33H,9-14,16-17H2,1-6H3;5H,1-3H3. The molecule has 222 valence electrons. The zero-order chi connectivity index (χ0) is 29.8. The highest BCUT2D eigenvalue weighted by Crippen LogP contribution is 2.43. The zero-order valence-corrected chi connectivity index (χ0v) is 26.1. The van der Waals surface area contributed by atoms with E-state index in [0.717, 1.165) is 73.5 Å². The van der Waals surface area contributed by atoms with Gasteiger partial charge in [-0.2, -0.15) is 0 Å². The first-order valence-corrected chi connectivity index (χ1v) is 14.8. The fourth-order valence-electron chi connectivity index (χ4n) is 5.31. The summed E-state index contributed by atoms with van der Waals surface area (Å²) in [5, 5.41) is 22.8. The zero-order valence-electron chi connectivity index (χ0n) is 26.1. The number of fused-ring (bicyclic) bond motifs is 1. The van der Waals surface area contributed by atoms with E-state index in [0.29, 0.717) is 11.1 Å². The number of nitrogens with zero attached hydrogens (tertiary/aromatic N) is 2. The van der Waals surface area contributed by atoms with Crippen molar-refractivity contribution in [2.45, 2.75) is 112 Å². The summed E-state index contributed by atoms with van der Waals surface area (Å²) in [4.78, 5) is 20.1. The van der Waals surface area contributed by atoms with E-state index in [2.05, 4.69) is 42.3 Å². The fourth-order valence-corrected chi connectivity index (χ4v) is 5.31. The first-order valence-electron chi connectivity index (χ1n) is 14.8. The fraction of sp³-hybridized carbons (Fsp3) is 0.636. The predicted octanol–water partition coefficient (Wildman–Crippen LogP) is 5.65. The summed E-state index contributed by atoms with van der Waals surface area (Å²) < 4.78 is 5.54. The van der Waals surface area contributed by atoms with Gasteiger partial charge in [-0.25, -0.2) is 0 Å². The second kappa shape index (κ2) is 13.0. The Morgan fingerprint density at radius 2 is 1.77 bits per heavy atom. The normalized spacial score (nSPS) is 17.6. The molecule has 1 unspecified atom stereocenters. The summed E-state index contributed by atoms with van der Waals surface area (Å²) in [6, 6.07) is 6.61. The van der Waals surface area contributed by atoms with E-state index in [9.17, 15) is 9.90 Å². The second-order valence-electron chi connectivity index (χ2n) is 13.4. The maximum absolute atomic E-state index is 12.8. The summed E-state index contributed by atoms with van der Waals surface area (Å²) in [7, 11) is 0. The molecule has 40 heavy (non-hydrogen) atoms. The Morgan fingerprint density at radius 1 is 1.15 bits per heavy atom. The molecule has 7 heteroatoms. The van der Waals surface area contributed by atoms with Gasteiger partial charge in [0.1, 0.15) is 0 Å². The molecule has 0 saturated carbocycles. The lowest BCUT2D eigenvalue weighted by Gasteiger charge is -2.40. The first-order chi connectivity index (χ1) is 18.6. The molecule has 0 amide bonds. The molecule has 0 bridgehead atoms. The number of piperidine rings is 1. The Bertz CT molecular complexity index is 1170. The van der Waals surface area contributed by atoms with E-state index in [-0.39, 0.29) is 18.5 Å². The molecule has 0 spiro atoms. The number of pyridine rings is 1. The number of benzene rings is 1. The van der Waals surface area contributed by atoms with Gasteiger partial charge in [0.05, 0.1) is 35.6 Å². The Balaban J connectivity index is 0.000000810. The van der Waals surface area contributed by atoms with Crippen LogP contribution in [0, 0.1) is 12.3 Å². The molecule has 2 aromatic rings. The van der Waals surface area contributed by atoms with Gasteiger partial charge in [-0.15, -0.1) is 0 Å². The van der Waals surface area contributed by atoms with E-state index in [1.165, 1.54) is 11.1 Å². The van der Waals surface area contributed by atoms with Crippen molar-refractivity contribution in [3.63, 3.8) is 0 Å². The quantitative estimate of drug-likeness (QED) is 0.398. The van der Waals surface area contributed by atoms with Crippen molar-refractivity contribution in [2.75, 3.05) is 24.5 Å². The number of esters is 1. The molecular formula is C33H51N3O4. The second-order valence-corrected chi connectivity index (χ2v) is 13.4. The predicted molar refractivity (Wildman–Crippen MR) is 163 cm³/mol. The third kappa shape index (κ3) is 8.76. The Labute approximate surface area is 241 Å². The van der Waals surface area contributed by atoms with Crippen LogP contribution in [0.3, 0.4) is 0 Å². The molecule has 1 atom stereocenters. The molecule has 0 radical (unpaired) electrons. The molecule has 3 N–H and O–H groups in total. The van der Waals surface area contributed by atoms with Crippen molar-refractivity contribution in [3.8, 4) is 11.1 Å². The van der Waals surface area contributed by atoms with Crippen LogP contribution in [0.5, 0.6) is 0 Å². The van der Waals surface area contributed by atoms with Crippen LogP contribution in [-0.4, -0.2) is 52.5 Å². The lowest BCUT2D eigenvalue weighted by molar-refractivity contribution is -0.146. The molecule has 4 rings (SSSR count). The number of carbonyl (C=O) groups is 1. The maximum atomic E-state index is 12.8. The molecule has 1 aromatic heterocycles. The molecule has 7 nitrogen and oxygen atoms in total. The number of hydrogen-bond donors (Lipinski definition) is 3. The minimum absolute atomic E-state index is 0.166. The van der Waals surface area contributed by atoms with Crippen molar-refractivity contribution in [1.29, 1.82) is 0 Å². The number of aryl methyl sites for hydroxylation is 1. The van der Waals surface area contributed by atoms with Gasteiger partial charge in [0, 0.05) is 36.5 Å². The summed E-state index contributed by atoms with van der Waals surface area (Å²) >= 11 is 0. The smallest absolute Gasteiger partial charge is 0.310 e. The van der Waals surface area contributed by atoms with Gasteiger partial charge in [-0.3, -0.25) is 9.78 Å². The van der Waals surface area contributed by atoms with Gasteiger partial charge < -0.3 is 25.2 Å². The van der Waals surface area contributed by atoms with Crippen LogP contribution < -0.4 is 10.2 Å². The molecule has 0 aliphatic carbocycles. The van der Waals surface area contributed by atoms with Crippen molar-refractivity contribution in [2.24, 2.45) is 5.41 Å².